The van der Waals surface area contributed by atoms with Crippen molar-refractivity contribution in [3.8, 4) is 0 Å². The second-order valence-corrected chi connectivity index (χ2v) is 2.98. The van der Waals surface area contributed by atoms with Gasteiger partial charge in [-0.1, -0.05) is 0 Å². The van der Waals surface area contributed by atoms with Crippen LogP contribution in [0.4, 0.5) is 0 Å². The van der Waals surface area contributed by atoms with Crippen LogP contribution in [0.5, 0.6) is 0 Å². The molecule has 2 nitrogen and oxygen atoms in total. The lowest BCUT2D eigenvalue weighted by Gasteiger charge is -1.86. The fourth-order valence-electron chi connectivity index (χ4n) is 1.21. The average Bonchev–Trinajstić information content (AvgIpc) is 2.29. The number of rotatable bonds is 2. The second-order valence-electron chi connectivity index (χ2n) is 2.98. The molecule has 2 N–H and O–H groups in total. The van der Waals surface area contributed by atoms with Gasteiger partial charge in [-0.05, 0) is 17.7 Å². The van der Waals surface area contributed by atoms with E-state index in [1.54, 1.807) is 0 Å². The molecule has 14 heavy (non-hydrogen) atoms. The fourth-order valence-corrected chi connectivity index (χ4v) is 1.21. The minimum atomic E-state index is 1.10. The largest absolute Gasteiger partial charge is 0.218 e. The lowest BCUT2D eigenvalue weighted by Crippen LogP contribution is -2.03. The van der Waals surface area contributed by atoms with Crippen molar-refractivity contribution in [2.24, 2.45) is 0 Å². The average molecular weight is 184 g/mol. The van der Waals surface area contributed by atoms with Gasteiger partial charge in [0.15, 0.2) is 18.6 Å². The van der Waals surface area contributed by atoms with Crippen molar-refractivity contribution in [2.45, 2.75) is 0 Å². The fraction of sp³-hybridized carbons (Fsp3) is 0. The summed E-state index contributed by atoms with van der Waals surface area (Å²) in [6.07, 6.45) is 9.86. The molecule has 0 spiro atoms. The lowest BCUT2D eigenvalue weighted by atomic mass is 10.2. The molecular weight excluding hydrogens is 172 g/mol. The summed E-state index contributed by atoms with van der Waals surface area (Å²) < 4.78 is 0. The molecule has 2 heterocycles. The van der Waals surface area contributed by atoms with E-state index in [0.29, 0.717) is 0 Å². The zero-order valence-electron chi connectivity index (χ0n) is 7.77. The first-order valence-electron chi connectivity index (χ1n) is 4.56. The number of pyridine rings is 2. The van der Waals surface area contributed by atoms with Gasteiger partial charge in [0.2, 0.25) is 5.69 Å². The molecule has 68 valence electrons. The molecule has 0 radical (unpaired) electrons. The highest BCUT2D eigenvalue weighted by Crippen LogP contribution is 2.01. The molecule has 0 atom stereocenters. The summed E-state index contributed by atoms with van der Waals surface area (Å²) in [5.74, 6) is 0. The Kier molecular flexibility index (Phi) is 2.67. The molecule has 0 aromatic carbocycles. The van der Waals surface area contributed by atoms with Gasteiger partial charge in [-0.3, -0.25) is 0 Å². The van der Waals surface area contributed by atoms with E-state index in [1.807, 2.05) is 48.9 Å². The predicted octanol–water partition coefficient (Wildman–Crippen LogP) is 1.49. The topological polar surface area (TPSA) is 28.3 Å². The third-order valence-electron chi connectivity index (χ3n) is 1.93. The summed E-state index contributed by atoms with van der Waals surface area (Å²) in [6, 6.07) is 10.1. The Morgan fingerprint density at radius 3 is 2.43 bits per heavy atom. The molecule has 0 amide bonds. The van der Waals surface area contributed by atoms with Gasteiger partial charge in [-0.2, -0.15) is 0 Å². The summed E-state index contributed by atoms with van der Waals surface area (Å²) in [5.41, 5.74) is 2.28. The zero-order valence-corrected chi connectivity index (χ0v) is 7.77. The maximum Gasteiger partial charge on any atom is 0.203 e. The van der Waals surface area contributed by atoms with Crippen LogP contribution in [-0.4, -0.2) is 0 Å². The van der Waals surface area contributed by atoms with E-state index in [0.717, 1.165) is 5.69 Å². The summed E-state index contributed by atoms with van der Waals surface area (Å²) in [5, 5.41) is 0. The zero-order chi connectivity index (χ0) is 9.64. The third-order valence-corrected chi connectivity index (χ3v) is 1.93. The van der Waals surface area contributed by atoms with Gasteiger partial charge in [0.05, 0.1) is 0 Å². The van der Waals surface area contributed by atoms with Crippen LogP contribution in [0, 0.1) is 0 Å². The minimum absolute atomic E-state index is 1.10. The van der Waals surface area contributed by atoms with Gasteiger partial charge >= 0.3 is 0 Å². The van der Waals surface area contributed by atoms with Crippen LogP contribution in [0.3, 0.4) is 0 Å². The third kappa shape index (κ3) is 2.26. The first kappa shape index (κ1) is 8.63. The maximum atomic E-state index is 3.14. The standard InChI is InChI=1S/C12H10N2/c1-2-8-14-12(3-1)5-4-11-6-9-13-10-7-11/h1-10H/p+2/b5-4+. The van der Waals surface area contributed by atoms with E-state index in [1.165, 1.54) is 5.56 Å². The number of hydrogen-bond donors (Lipinski definition) is 0. The number of H-pyrrole nitrogens is 2. The van der Waals surface area contributed by atoms with Crippen LogP contribution in [0.2, 0.25) is 0 Å². The van der Waals surface area contributed by atoms with E-state index in [4.69, 9.17) is 0 Å². The van der Waals surface area contributed by atoms with Crippen LogP contribution in [-0.2, 0) is 0 Å². The molecule has 0 aliphatic heterocycles. The highest BCUT2D eigenvalue weighted by Gasteiger charge is 1.92. The van der Waals surface area contributed by atoms with Gasteiger partial charge in [-0.15, -0.1) is 0 Å². The van der Waals surface area contributed by atoms with Crippen molar-refractivity contribution in [1.82, 2.24) is 0 Å². The molecule has 0 bridgehead atoms. The highest BCUT2D eigenvalue weighted by atomic mass is 14.6. The molecule has 0 unspecified atom stereocenters. The van der Waals surface area contributed by atoms with Crippen LogP contribution in [0.25, 0.3) is 12.2 Å². The molecular formula is C12H12N2+2. The first-order chi connectivity index (χ1) is 6.95. The second kappa shape index (κ2) is 4.33. The van der Waals surface area contributed by atoms with Crippen molar-refractivity contribution in [2.75, 3.05) is 0 Å². The van der Waals surface area contributed by atoms with Gasteiger partial charge < -0.3 is 0 Å². The van der Waals surface area contributed by atoms with Crippen LogP contribution >= 0.6 is 0 Å². The monoisotopic (exact) mass is 184 g/mol. The van der Waals surface area contributed by atoms with E-state index in [2.05, 4.69) is 22.1 Å². The Morgan fingerprint density at radius 1 is 0.857 bits per heavy atom. The summed E-state index contributed by atoms with van der Waals surface area (Å²) in [6.45, 7) is 0. The molecule has 0 aliphatic rings. The molecule has 0 aliphatic carbocycles. The van der Waals surface area contributed by atoms with Crippen LogP contribution in [0.1, 0.15) is 11.3 Å². The molecule has 2 aromatic rings. The molecule has 2 aromatic heterocycles. The van der Waals surface area contributed by atoms with E-state index >= 15 is 0 Å². The number of aromatic amines is 2. The molecule has 0 fully saturated rings. The molecule has 2 heteroatoms. The van der Waals surface area contributed by atoms with Crippen molar-refractivity contribution in [3.05, 3.63) is 60.2 Å². The smallest absolute Gasteiger partial charge is 0.203 e. The normalized spacial score (nSPS) is 10.6. The van der Waals surface area contributed by atoms with E-state index in [-0.39, 0.29) is 0 Å². The SMILES string of the molecule is C(=C\c1cccc[nH+]1)/c1cc[nH+]cc1. The summed E-state index contributed by atoms with van der Waals surface area (Å²) in [4.78, 5) is 6.13. The number of aromatic nitrogens is 2. The minimum Gasteiger partial charge on any atom is -0.218 e. The Hall–Kier alpha value is -1.96. The summed E-state index contributed by atoms with van der Waals surface area (Å²) >= 11 is 0. The quantitative estimate of drug-likeness (QED) is 0.676. The van der Waals surface area contributed by atoms with Crippen LogP contribution < -0.4 is 9.97 Å². The maximum absolute atomic E-state index is 3.14. The predicted molar refractivity (Wildman–Crippen MR) is 54.9 cm³/mol. The van der Waals surface area contributed by atoms with Gasteiger partial charge in [0.1, 0.15) is 0 Å². The number of hydrogen-bond acceptors (Lipinski definition) is 0. The van der Waals surface area contributed by atoms with Crippen molar-refractivity contribution < 1.29 is 9.97 Å². The Bertz CT molecular complexity index is 365. The van der Waals surface area contributed by atoms with Gasteiger partial charge in [-0.25, -0.2) is 9.97 Å². The number of nitrogens with one attached hydrogen (secondary N) is 2. The first-order valence-corrected chi connectivity index (χ1v) is 4.56. The highest BCUT2D eigenvalue weighted by molar-refractivity contribution is 5.66. The molecule has 2 rings (SSSR count). The molecule has 0 saturated carbocycles. The van der Waals surface area contributed by atoms with Gasteiger partial charge in [0, 0.05) is 30.3 Å². The van der Waals surface area contributed by atoms with E-state index < -0.39 is 0 Å². The van der Waals surface area contributed by atoms with Gasteiger partial charge in [0.25, 0.3) is 0 Å². The Labute approximate surface area is 83.0 Å². The van der Waals surface area contributed by atoms with Crippen molar-refractivity contribution in [3.63, 3.8) is 0 Å². The van der Waals surface area contributed by atoms with Crippen LogP contribution in [0.15, 0.2) is 48.9 Å². The van der Waals surface area contributed by atoms with Crippen molar-refractivity contribution >= 4 is 12.2 Å². The lowest BCUT2D eigenvalue weighted by molar-refractivity contribution is -0.380. The Morgan fingerprint density at radius 2 is 1.71 bits per heavy atom. The molecule has 0 saturated heterocycles. The summed E-state index contributed by atoms with van der Waals surface area (Å²) in [7, 11) is 0. The van der Waals surface area contributed by atoms with Crippen molar-refractivity contribution in [1.29, 1.82) is 0 Å². The Balaban J connectivity index is 2.16. The van der Waals surface area contributed by atoms with E-state index in [9.17, 15) is 0 Å².